The number of methoxy groups -OCH3 is 1. The van der Waals surface area contributed by atoms with E-state index in [0.717, 1.165) is 16.9 Å². The van der Waals surface area contributed by atoms with E-state index in [1.807, 2.05) is 31.2 Å². The summed E-state index contributed by atoms with van der Waals surface area (Å²) in [5.74, 6) is 1.75. The van der Waals surface area contributed by atoms with Gasteiger partial charge in [0.15, 0.2) is 17.3 Å². The Morgan fingerprint density at radius 3 is 2.92 bits per heavy atom. The van der Waals surface area contributed by atoms with Crippen LogP contribution in [-0.4, -0.2) is 39.9 Å². The molecule has 0 fully saturated rings. The molecule has 0 aliphatic heterocycles. The Labute approximate surface area is 155 Å². The second kappa shape index (κ2) is 7.83. The van der Waals surface area contributed by atoms with Crippen molar-refractivity contribution < 1.29 is 14.6 Å². The fourth-order valence-electron chi connectivity index (χ4n) is 2.38. The highest BCUT2D eigenvalue weighted by Gasteiger charge is 2.09. The van der Waals surface area contributed by atoms with Crippen LogP contribution in [0.25, 0.3) is 11.4 Å². The number of aromatic hydroxyl groups is 1. The molecular weight excluding hydrogens is 352 g/mol. The van der Waals surface area contributed by atoms with Crippen molar-refractivity contribution in [1.29, 1.82) is 0 Å². The molecule has 134 valence electrons. The van der Waals surface area contributed by atoms with Crippen molar-refractivity contribution in [2.75, 3.05) is 13.7 Å². The Kier molecular flexibility index (Phi) is 5.33. The molecule has 0 unspecified atom stereocenters. The Balaban J connectivity index is 1.96. The van der Waals surface area contributed by atoms with Crippen LogP contribution >= 0.6 is 12.2 Å². The number of aromatic amines is 1. The van der Waals surface area contributed by atoms with Crippen molar-refractivity contribution >= 4 is 18.4 Å². The molecule has 0 aliphatic carbocycles. The zero-order valence-electron chi connectivity index (χ0n) is 14.3. The van der Waals surface area contributed by atoms with Gasteiger partial charge in [-0.2, -0.15) is 14.9 Å². The van der Waals surface area contributed by atoms with Gasteiger partial charge in [-0.15, -0.1) is 0 Å². The standard InChI is InChI=1S/C18H18N4O3S/c1-3-25-14-6-4-5-13(10-14)17-20-21-18(26)22(17)19-11-12-7-8-15(23)16(9-12)24-2/h4-11,23H,3H2,1-2H3,(H,21,26)/b19-11+. The number of phenols is 1. The molecule has 0 atom stereocenters. The molecule has 7 nitrogen and oxygen atoms in total. The molecule has 1 heterocycles. The van der Waals surface area contributed by atoms with E-state index in [4.69, 9.17) is 21.7 Å². The summed E-state index contributed by atoms with van der Waals surface area (Å²) >= 11 is 5.28. The number of ether oxygens (including phenoxy) is 2. The Bertz CT molecular complexity index is 994. The van der Waals surface area contributed by atoms with Crippen LogP contribution < -0.4 is 9.47 Å². The lowest BCUT2D eigenvalue weighted by Crippen LogP contribution is -1.96. The number of nitrogens with zero attached hydrogens (tertiary/aromatic N) is 3. The van der Waals surface area contributed by atoms with Crippen molar-refractivity contribution in [3.8, 4) is 28.6 Å². The van der Waals surface area contributed by atoms with Crippen LogP contribution in [0.15, 0.2) is 47.6 Å². The average molecular weight is 370 g/mol. The first-order valence-electron chi connectivity index (χ1n) is 7.94. The number of aromatic nitrogens is 3. The number of rotatable bonds is 6. The highest BCUT2D eigenvalue weighted by Crippen LogP contribution is 2.26. The van der Waals surface area contributed by atoms with Gasteiger partial charge in [0.1, 0.15) is 5.75 Å². The molecule has 0 saturated carbocycles. The first-order chi connectivity index (χ1) is 12.6. The third-order valence-corrected chi connectivity index (χ3v) is 3.84. The zero-order valence-corrected chi connectivity index (χ0v) is 15.2. The summed E-state index contributed by atoms with van der Waals surface area (Å²) in [4.78, 5) is 0. The molecule has 3 aromatic rings. The van der Waals surface area contributed by atoms with E-state index in [1.165, 1.54) is 11.8 Å². The lowest BCUT2D eigenvalue weighted by Gasteiger charge is -2.06. The van der Waals surface area contributed by atoms with Crippen LogP contribution in [0.1, 0.15) is 12.5 Å². The van der Waals surface area contributed by atoms with Crippen molar-refractivity contribution in [2.45, 2.75) is 6.92 Å². The Morgan fingerprint density at radius 1 is 1.31 bits per heavy atom. The molecule has 0 saturated heterocycles. The summed E-state index contributed by atoms with van der Waals surface area (Å²) in [7, 11) is 1.49. The number of nitrogens with one attached hydrogen (secondary N) is 1. The van der Waals surface area contributed by atoms with Crippen molar-refractivity contribution in [1.82, 2.24) is 14.9 Å². The van der Waals surface area contributed by atoms with E-state index in [0.29, 0.717) is 23.0 Å². The number of hydrogen-bond donors (Lipinski definition) is 2. The zero-order chi connectivity index (χ0) is 18.5. The van der Waals surface area contributed by atoms with Crippen molar-refractivity contribution in [3.05, 3.63) is 52.8 Å². The molecule has 0 bridgehead atoms. The van der Waals surface area contributed by atoms with Crippen LogP contribution in [0.4, 0.5) is 0 Å². The minimum Gasteiger partial charge on any atom is -0.504 e. The third-order valence-electron chi connectivity index (χ3n) is 3.58. The molecule has 2 aromatic carbocycles. The van der Waals surface area contributed by atoms with Crippen molar-refractivity contribution in [2.24, 2.45) is 5.10 Å². The molecule has 8 heteroatoms. The largest absolute Gasteiger partial charge is 0.504 e. The lowest BCUT2D eigenvalue weighted by molar-refractivity contribution is 0.340. The normalized spacial score (nSPS) is 11.0. The van der Waals surface area contributed by atoms with E-state index >= 15 is 0 Å². The van der Waals surface area contributed by atoms with Crippen LogP contribution in [0, 0.1) is 4.77 Å². The van der Waals surface area contributed by atoms with E-state index < -0.39 is 0 Å². The molecule has 0 amide bonds. The molecule has 3 rings (SSSR count). The smallest absolute Gasteiger partial charge is 0.216 e. The maximum absolute atomic E-state index is 9.68. The Hall–Kier alpha value is -3.13. The number of H-pyrrole nitrogens is 1. The minimum atomic E-state index is 0.0676. The van der Waals surface area contributed by atoms with E-state index in [-0.39, 0.29) is 5.75 Å². The van der Waals surface area contributed by atoms with Gasteiger partial charge in [-0.1, -0.05) is 12.1 Å². The van der Waals surface area contributed by atoms with Crippen LogP contribution in [0.2, 0.25) is 0 Å². The van der Waals surface area contributed by atoms with Gasteiger partial charge in [-0.05, 0) is 55.0 Å². The first kappa shape index (κ1) is 17.7. The van der Waals surface area contributed by atoms with E-state index in [2.05, 4.69) is 15.3 Å². The highest BCUT2D eigenvalue weighted by atomic mass is 32.1. The minimum absolute atomic E-state index is 0.0676. The monoisotopic (exact) mass is 370 g/mol. The highest BCUT2D eigenvalue weighted by molar-refractivity contribution is 7.71. The second-order valence-corrected chi connectivity index (χ2v) is 5.69. The quantitative estimate of drug-likeness (QED) is 0.511. The van der Waals surface area contributed by atoms with Gasteiger partial charge >= 0.3 is 0 Å². The average Bonchev–Trinajstić information content (AvgIpc) is 3.02. The number of benzene rings is 2. The van der Waals surface area contributed by atoms with E-state index in [1.54, 1.807) is 24.4 Å². The first-order valence-corrected chi connectivity index (χ1v) is 8.35. The van der Waals surface area contributed by atoms with Crippen molar-refractivity contribution in [3.63, 3.8) is 0 Å². The van der Waals surface area contributed by atoms with Gasteiger partial charge in [-0.3, -0.25) is 0 Å². The summed E-state index contributed by atoms with van der Waals surface area (Å²) in [5.41, 5.74) is 1.57. The maximum atomic E-state index is 9.68. The molecular formula is C18H18N4O3S. The fourth-order valence-corrected chi connectivity index (χ4v) is 2.56. The second-order valence-electron chi connectivity index (χ2n) is 5.30. The van der Waals surface area contributed by atoms with Gasteiger partial charge in [-0.25, -0.2) is 5.10 Å². The van der Waals surface area contributed by atoms with Gasteiger partial charge < -0.3 is 14.6 Å². The third kappa shape index (κ3) is 3.75. The summed E-state index contributed by atoms with van der Waals surface area (Å²) in [6.07, 6.45) is 1.61. The van der Waals surface area contributed by atoms with E-state index in [9.17, 15) is 5.11 Å². The maximum Gasteiger partial charge on any atom is 0.216 e. The fraction of sp³-hybridized carbons (Fsp3) is 0.167. The number of phenolic OH excluding ortho intramolecular Hbond substituents is 1. The van der Waals surface area contributed by atoms with Crippen LogP contribution in [0.5, 0.6) is 17.2 Å². The summed E-state index contributed by atoms with van der Waals surface area (Å²) in [6, 6.07) is 12.5. The van der Waals surface area contributed by atoms with Gasteiger partial charge in [0.25, 0.3) is 0 Å². The summed E-state index contributed by atoms with van der Waals surface area (Å²) in [6.45, 7) is 2.51. The van der Waals surface area contributed by atoms with Gasteiger partial charge in [0, 0.05) is 5.56 Å². The topological polar surface area (TPSA) is 84.7 Å². The molecule has 26 heavy (non-hydrogen) atoms. The number of hydrogen-bond acceptors (Lipinski definition) is 6. The van der Waals surface area contributed by atoms with Crippen LogP contribution in [0.3, 0.4) is 0 Å². The molecule has 0 spiro atoms. The molecule has 1 aromatic heterocycles. The summed E-state index contributed by atoms with van der Waals surface area (Å²) < 4.78 is 12.5. The summed E-state index contributed by atoms with van der Waals surface area (Å²) in [5, 5.41) is 21.1. The SMILES string of the molecule is CCOc1cccc(-c2n[nH]c(=S)n2/N=C/c2ccc(O)c(OC)c2)c1. The van der Waals surface area contributed by atoms with Crippen LogP contribution in [-0.2, 0) is 0 Å². The predicted molar refractivity (Wildman–Crippen MR) is 102 cm³/mol. The molecule has 2 N–H and O–H groups in total. The predicted octanol–water partition coefficient (Wildman–Crippen LogP) is 3.60. The molecule has 0 radical (unpaired) electrons. The lowest BCUT2D eigenvalue weighted by atomic mass is 10.2. The van der Waals surface area contributed by atoms with Gasteiger partial charge in [0.2, 0.25) is 4.77 Å². The van der Waals surface area contributed by atoms with Gasteiger partial charge in [0.05, 0.1) is 19.9 Å². The Morgan fingerprint density at radius 2 is 2.15 bits per heavy atom. The molecule has 0 aliphatic rings.